The standard InChI is InChI=1S/C18H16ClFN6S/c19-18-25-15-16(22-10-23-17(15)27-18)24-13-3-5-26(6-4-13)9-11-1-2-14(20)12(7-11)8-21/h1-2,7,10,13H,3-6,9H2,(H,22,23,24)/i2D,9D,10D,13D/hD. The molecule has 138 valence electrons. The summed E-state index contributed by atoms with van der Waals surface area (Å²) in [5, 5.41) is 9.98. The second-order valence-corrected chi connectivity index (χ2v) is 7.44. The highest BCUT2D eigenvalue weighted by molar-refractivity contribution is 7.21. The van der Waals surface area contributed by atoms with E-state index in [-0.39, 0.29) is 53.6 Å². The number of thiazole rings is 1. The van der Waals surface area contributed by atoms with Crippen LogP contribution in [0.4, 0.5) is 10.2 Å². The second kappa shape index (κ2) is 7.72. The van der Waals surface area contributed by atoms with Crippen molar-refractivity contribution < 1.29 is 11.3 Å². The van der Waals surface area contributed by atoms with Crippen LogP contribution in [0.2, 0.25) is 5.88 Å². The number of likely N-dealkylation sites (tertiary alicyclic amines) is 1. The van der Waals surface area contributed by atoms with E-state index in [4.69, 9.17) is 23.8 Å². The molecule has 6 nitrogen and oxygen atoms in total. The van der Waals surface area contributed by atoms with Crippen molar-refractivity contribution in [2.75, 3.05) is 18.4 Å². The lowest BCUT2D eigenvalue weighted by atomic mass is 10.0. The van der Waals surface area contributed by atoms with Gasteiger partial charge in [-0.2, -0.15) is 5.26 Å². The molecular formula is C18H16ClFN6S. The maximum atomic E-state index is 13.8. The van der Waals surface area contributed by atoms with Crippen molar-refractivity contribution in [2.45, 2.75) is 25.4 Å². The monoisotopic (exact) mass is 407 g/mol. The maximum Gasteiger partial charge on any atom is 0.186 e. The lowest BCUT2D eigenvalue weighted by Crippen LogP contribution is -2.38. The number of piperidine rings is 1. The Hall–Kier alpha value is -2.34. The SMILES string of the molecule is [2H]c1nc(N([2H])C2([2H])CCN(C([2H])c3cc([2H])c(F)c(C#N)c3)CC2)c2nc(Cl)sc2n1. The average Bonchev–Trinajstić information content (AvgIpc) is 3.14. The van der Waals surface area contributed by atoms with Gasteiger partial charge in [0.25, 0.3) is 0 Å². The van der Waals surface area contributed by atoms with E-state index in [0.29, 0.717) is 10.4 Å². The Morgan fingerprint density at radius 3 is 3.15 bits per heavy atom. The molecule has 0 radical (unpaired) electrons. The minimum Gasteiger partial charge on any atom is -0.365 e. The molecule has 9 heteroatoms. The van der Waals surface area contributed by atoms with E-state index in [1.54, 1.807) is 11.0 Å². The van der Waals surface area contributed by atoms with Crippen molar-refractivity contribution in [1.29, 1.82) is 5.26 Å². The molecule has 2 aromatic heterocycles. The van der Waals surface area contributed by atoms with Crippen LogP contribution in [0, 0.1) is 17.1 Å². The number of hydrogen-bond acceptors (Lipinski definition) is 7. The predicted octanol–water partition coefficient (Wildman–Crippen LogP) is 3.83. The topological polar surface area (TPSA) is 77.7 Å². The van der Waals surface area contributed by atoms with Crippen molar-refractivity contribution in [1.82, 2.24) is 19.9 Å². The van der Waals surface area contributed by atoms with Gasteiger partial charge in [0.15, 0.2) is 11.7 Å². The van der Waals surface area contributed by atoms with Gasteiger partial charge in [0.1, 0.15) is 29.9 Å². The van der Waals surface area contributed by atoms with Gasteiger partial charge in [-0.15, -0.1) is 0 Å². The summed E-state index contributed by atoms with van der Waals surface area (Å²) in [6.07, 6.45) is 0.0683. The number of nitrogens with zero attached hydrogens (tertiary/aromatic N) is 5. The van der Waals surface area contributed by atoms with Crippen LogP contribution >= 0.6 is 22.9 Å². The van der Waals surface area contributed by atoms with Crippen molar-refractivity contribution in [3.63, 3.8) is 0 Å². The van der Waals surface area contributed by atoms with Gasteiger partial charge < -0.3 is 5.31 Å². The van der Waals surface area contributed by atoms with E-state index >= 15 is 0 Å². The summed E-state index contributed by atoms with van der Waals surface area (Å²) >= 11 is 7.02. The molecule has 1 fully saturated rings. The molecule has 4 rings (SSSR count). The molecule has 0 amide bonds. The van der Waals surface area contributed by atoms with Crippen LogP contribution in [0.15, 0.2) is 24.5 Å². The fraction of sp³-hybridized carbons (Fsp3) is 0.333. The molecule has 1 aromatic carbocycles. The first-order chi connectivity index (χ1) is 15.1. The number of anilines is 1. The molecule has 3 heterocycles. The summed E-state index contributed by atoms with van der Waals surface area (Å²) in [5.74, 6) is -0.880. The highest BCUT2D eigenvalue weighted by Gasteiger charge is 2.21. The molecule has 1 unspecified atom stereocenters. The molecule has 0 saturated carbocycles. The van der Waals surface area contributed by atoms with Crippen LogP contribution < -0.4 is 5.31 Å². The summed E-state index contributed by atoms with van der Waals surface area (Å²) < 4.78 is 55.4. The van der Waals surface area contributed by atoms with E-state index in [1.165, 1.54) is 12.1 Å². The molecular weight excluding hydrogens is 387 g/mol. The summed E-state index contributed by atoms with van der Waals surface area (Å²) in [6, 6.07) is 2.37. The number of aromatic nitrogens is 3. The van der Waals surface area contributed by atoms with Gasteiger partial charge in [-0.1, -0.05) is 29.0 Å². The zero-order valence-corrected chi connectivity index (χ0v) is 15.5. The van der Waals surface area contributed by atoms with Gasteiger partial charge in [0.05, 0.1) is 8.30 Å². The second-order valence-electron chi connectivity index (χ2n) is 5.88. The number of benzene rings is 1. The molecule has 1 atom stereocenters. The summed E-state index contributed by atoms with van der Waals surface area (Å²) in [5.41, 5.74) is 0.299. The third-order valence-electron chi connectivity index (χ3n) is 4.11. The lowest BCUT2D eigenvalue weighted by molar-refractivity contribution is 0.211. The minimum absolute atomic E-state index is 0.0325. The number of hydrogen-bond donors (Lipinski definition) is 1. The van der Waals surface area contributed by atoms with Gasteiger partial charge in [-0.3, -0.25) is 4.90 Å². The van der Waals surface area contributed by atoms with Crippen LogP contribution in [-0.4, -0.2) is 39.0 Å². The molecule has 0 spiro atoms. The van der Waals surface area contributed by atoms with Gasteiger partial charge in [0, 0.05) is 27.0 Å². The molecule has 3 aromatic rings. The Balaban J connectivity index is 1.54. The number of fused-ring (bicyclic) bond motifs is 1. The van der Waals surface area contributed by atoms with Crippen molar-refractivity contribution in [3.8, 4) is 6.07 Å². The van der Waals surface area contributed by atoms with E-state index < -0.39 is 24.4 Å². The fourth-order valence-corrected chi connectivity index (χ4v) is 3.71. The van der Waals surface area contributed by atoms with Crippen LogP contribution in [0.3, 0.4) is 0 Å². The molecule has 1 saturated heterocycles. The molecule has 27 heavy (non-hydrogen) atoms. The third kappa shape index (κ3) is 4.00. The largest absolute Gasteiger partial charge is 0.365 e. The Kier molecular flexibility index (Phi) is 3.70. The van der Waals surface area contributed by atoms with Gasteiger partial charge in [-0.25, -0.2) is 19.3 Å². The number of halogens is 2. The smallest absolute Gasteiger partial charge is 0.186 e. The molecule has 1 aliphatic heterocycles. The predicted molar refractivity (Wildman–Crippen MR) is 103 cm³/mol. The first-order valence-electron chi connectivity index (χ1n) is 10.6. The van der Waals surface area contributed by atoms with Crippen LogP contribution in [0.25, 0.3) is 10.3 Å². The fourth-order valence-electron chi connectivity index (χ4n) is 2.79. The Labute approximate surface area is 171 Å². The normalized spacial score (nSPS) is 20.7. The maximum absolute atomic E-state index is 13.8. The van der Waals surface area contributed by atoms with Crippen molar-refractivity contribution in [3.05, 3.63) is 45.9 Å². The highest BCUT2D eigenvalue weighted by atomic mass is 35.5. The average molecular weight is 408 g/mol. The summed E-state index contributed by atoms with van der Waals surface area (Å²) in [7, 11) is 0. The number of nitrogens with one attached hydrogen (secondary N) is 1. The van der Waals surface area contributed by atoms with E-state index in [1.807, 2.05) is 0 Å². The number of nitriles is 1. The zero-order valence-electron chi connectivity index (χ0n) is 18.9. The first kappa shape index (κ1) is 12.9. The Morgan fingerprint density at radius 1 is 1.56 bits per heavy atom. The van der Waals surface area contributed by atoms with Gasteiger partial charge in [0.2, 0.25) is 0 Å². The summed E-state index contributed by atoms with van der Waals surface area (Å²) in [4.78, 5) is 14.2. The quantitative estimate of drug-likeness (QED) is 0.708. The number of rotatable bonds is 4. The zero-order chi connectivity index (χ0) is 23.2. The van der Waals surface area contributed by atoms with E-state index in [2.05, 4.69) is 15.0 Å². The van der Waals surface area contributed by atoms with Crippen LogP contribution in [0.5, 0.6) is 0 Å². The molecule has 1 aliphatic rings. The van der Waals surface area contributed by atoms with Crippen molar-refractivity contribution >= 4 is 39.1 Å². The van der Waals surface area contributed by atoms with E-state index in [0.717, 1.165) is 16.6 Å². The van der Waals surface area contributed by atoms with Gasteiger partial charge in [-0.05, 0) is 30.5 Å². The highest BCUT2D eigenvalue weighted by Crippen LogP contribution is 2.28. The van der Waals surface area contributed by atoms with Crippen LogP contribution in [0.1, 0.15) is 29.5 Å². The van der Waals surface area contributed by atoms with Crippen molar-refractivity contribution in [2.24, 2.45) is 0 Å². The van der Waals surface area contributed by atoms with Gasteiger partial charge >= 0.3 is 0 Å². The lowest BCUT2D eigenvalue weighted by Gasteiger charge is -2.32. The third-order valence-corrected chi connectivity index (χ3v) is 5.16. The molecule has 0 aliphatic carbocycles. The first-order valence-corrected chi connectivity index (χ1v) is 9.28. The van der Waals surface area contributed by atoms with E-state index in [9.17, 15) is 4.39 Å². The Morgan fingerprint density at radius 2 is 2.37 bits per heavy atom. The van der Waals surface area contributed by atoms with Crippen LogP contribution in [-0.2, 0) is 6.52 Å². The Bertz CT molecular complexity index is 1230. The summed E-state index contributed by atoms with van der Waals surface area (Å²) in [6.45, 7) is -0.391. The molecule has 0 bridgehead atoms. The molecule has 1 N–H and O–H groups in total. The minimum atomic E-state index is -1.39.